The molecule has 0 aromatic carbocycles. The molecule has 2 rings (SSSR count). The third-order valence-corrected chi connectivity index (χ3v) is 4.62. The highest BCUT2D eigenvalue weighted by Crippen LogP contribution is 2.39. The number of nitrogens with two attached hydrogens (primary N) is 1. The molecule has 21 heavy (non-hydrogen) atoms. The van der Waals surface area contributed by atoms with Crippen LogP contribution in [0.4, 0.5) is 5.69 Å². The molecule has 1 aliphatic rings. The van der Waals surface area contributed by atoms with Crippen LogP contribution in [0.1, 0.15) is 46.5 Å². The number of nitrogen functional groups attached to an aromatic ring is 1. The molecule has 5 nitrogen and oxygen atoms in total. The van der Waals surface area contributed by atoms with Crippen LogP contribution in [-0.4, -0.2) is 22.2 Å². The van der Waals surface area contributed by atoms with Crippen molar-refractivity contribution in [2.24, 2.45) is 17.3 Å². The van der Waals surface area contributed by atoms with Gasteiger partial charge in [0, 0.05) is 18.7 Å². The zero-order chi connectivity index (χ0) is 15.5. The smallest absolute Gasteiger partial charge is 0.223 e. The van der Waals surface area contributed by atoms with Crippen molar-refractivity contribution < 1.29 is 4.79 Å². The molecule has 1 heterocycles. The number of hydrogen-bond donors (Lipinski definition) is 2. The minimum atomic E-state index is 0.186. The van der Waals surface area contributed by atoms with E-state index in [1.165, 1.54) is 0 Å². The van der Waals surface area contributed by atoms with E-state index in [0.717, 1.165) is 31.6 Å². The summed E-state index contributed by atoms with van der Waals surface area (Å²) >= 11 is 0. The molecule has 0 radical (unpaired) electrons. The molecule has 118 valence electrons. The number of hydrogen-bond acceptors (Lipinski definition) is 3. The Morgan fingerprint density at radius 3 is 2.57 bits per heavy atom. The van der Waals surface area contributed by atoms with E-state index in [1.54, 1.807) is 17.1 Å². The first-order valence-electron chi connectivity index (χ1n) is 7.92. The molecule has 0 unspecified atom stereocenters. The second-order valence-electron chi connectivity index (χ2n) is 7.24. The summed E-state index contributed by atoms with van der Waals surface area (Å²) in [4.78, 5) is 12.2. The molecule has 0 atom stereocenters. The van der Waals surface area contributed by atoms with E-state index < -0.39 is 0 Å². The normalized spacial score (nSPS) is 23.0. The SMILES string of the molecule is CC(C)(C)C1CCC(C(=O)NCCn2cc(N)cn2)CC1. The van der Waals surface area contributed by atoms with Crippen molar-refractivity contribution in [2.75, 3.05) is 12.3 Å². The van der Waals surface area contributed by atoms with E-state index in [1.807, 2.05) is 0 Å². The number of nitrogens with zero attached hydrogens (tertiary/aromatic N) is 2. The molecule has 1 amide bonds. The molecule has 0 saturated heterocycles. The Morgan fingerprint density at radius 1 is 1.38 bits per heavy atom. The maximum Gasteiger partial charge on any atom is 0.223 e. The minimum absolute atomic E-state index is 0.186. The lowest BCUT2D eigenvalue weighted by Crippen LogP contribution is -2.36. The number of carbonyl (C=O) groups excluding carboxylic acids is 1. The summed E-state index contributed by atoms with van der Waals surface area (Å²) < 4.78 is 1.76. The summed E-state index contributed by atoms with van der Waals surface area (Å²) in [6.07, 6.45) is 7.76. The van der Waals surface area contributed by atoms with Gasteiger partial charge >= 0.3 is 0 Å². The summed E-state index contributed by atoms with van der Waals surface area (Å²) in [6.45, 7) is 8.18. The molecule has 5 heteroatoms. The standard InChI is InChI=1S/C16H28N4O/c1-16(2,3)13-6-4-12(5-7-13)15(21)18-8-9-20-11-14(17)10-19-20/h10-13H,4-9,17H2,1-3H3,(H,18,21). The molecule has 1 aromatic heterocycles. The number of aromatic nitrogens is 2. The van der Waals surface area contributed by atoms with E-state index in [2.05, 4.69) is 31.2 Å². The Labute approximate surface area is 127 Å². The van der Waals surface area contributed by atoms with Crippen molar-refractivity contribution in [1.82, 2.24) is 15.1 Å². The van der Waals surface area contributed by atoms with Crippen LogP contribution in [0.2, 0.25) is 0 Å². The highest BCUT2D eigenvalue weighted by Gasteiger charge is 2.32. The fourth-order valence-electron chi connectivity index (χ4n) is 3.16. The van der Waals surface area contributed by atoms with Crippen LogP contribution in [-0.2, 0) is 11.3 Å². The van der Waals surface area contributed by atoms with Crippen LogP contribution in [0.15, 0.2) is 12.4 Å². The van der Waals surface area contributed by atoms with E-state index in [4.69, 9.17) is 5.73 Å². The first-order chi connectivity index (χ1) is 9.86. The Kier molecular flexibility index (Phi) is 4.91. The van der Waals surface area contributed by atoms with Gasteiger partial charge in [0.15, 0.2) is 0 Å². The highest BCUT2D eigenvalue weighted by molar-refractivity contribution is 5.78. The summed E-state index contributed by atoms with van der Waals surface area (Å²) in [5, 5.41) is 7.13. The van der Waals surface area contributed by atoms with Crippen molar-refractivity contribution in [3.05, 3.63) is 12.4 Å². The fraction of sp³-hybridized carbons (Fsp3) is 0.750. The van der Waals surface area contributed by atoms with Gasteiger partial charge in [0.05, 0.1) is 18.4 Å². The Morgan fingerprint density at radius 2 is 2.05 bits per heavy atom. The van der Waals surface area contributed by atoms with E-state index in [0.29, 0.717) is 24.2 Å². The van der Waals surface area contributed by atoms with Gasteiger partial charge in [-0.15, -0.1) is 0 Å². The lowest BCUT2D eigenvalue weighted by atomic mass is 9.70. The Hall–Kier alpha value is -1.52. The summed E-state index contributed by atoms with van der Waals surface area (Å²) in [5.74, 6) is 1.13. The lowest BCUT2D eigenvalue weighted by molar-refractivity contribution is -0.126. The molecule has 3 N–H and O–H groups in total. The molecular weight excluding hydrogens is 264 g/mol. The number of amides is 1. The van der Waals surface area contributed by atoms with Crippen LogP contribution in [0.25, 0.3) is 0 Å². The van der Waals surface area contributed by atoms with Crippen LogP contribution in [0.5, 0.6) is 0 Å². The van der Waals surface area contributed by atoms with Gasteiger partial charge in [-0.05, 0) is 37.0 Å². The molecule has 0 aliphatic heterocycles. The topological polar surface area (TPSA) is 72.9 Å². The lowest BCUT2D eigenvalue weighted by Gasteiger charge is -2.36. The maximum atomic E-state index is 12.2. The fourth-order valence-corrected chi connectivity index (χ4v) is 3.16. The predicted octanol–water partition coefficient (Wildman–Crippen LogP) is 2.43. The van der Waals surface area contributed by atoms with E-state index >= 15 is 0 Å². The third kappa shape index (κ3) is 4.48. The number of carbonyl (C=O) groups is 1. The van der Waals surface area contributed by atoms with Crippen molar-refractivity contribution in [3.63, 3.8) is 0 Å². The van der Waals surface area contributed by atoms with Gasteiger partial charge in [0.1, 0.15) is 0 Å². The summed E-state index contributed by atoms with van der Waals surface area (Å²) in [5.41, 5.74) is 6.62. The summed E-state index contributed by atoms with van der Waals surface area (Å²) in [6, 6.07) is 0. The molecule has 1 fully saturated rings. The molecule has 1 aromatic rings. The second-order valence-corrected chi connectivity index (χ2v) is 7.24. The first kappa shape index (κ1) is 15.9. The van der Waals surface area contributed by atoms with E-state index in [9.17, 15) is 4.79 Å². The molecule has 0 bridgehead atoms. The van der Waals surface area contributed by atoms with Crippen LogP contribution >= 0.6 is 0 Å². The van der Waals surface area contributed by atoms with Crippen molar-refractivity contribution in [3.8, 4) is 0 Å². The molecule has 0 spiro atoms. The third-order valence-electron chi connectivity index (χ3n) is 4.62. The number of nitrogens with one attached hydrogen (secondary N) is 1. The van der Waals surface area contributed by atoms with Crippen LogP contribution in [0.3, 0.4) is 0 Å². The van der Waals surface area contributed by atoms with Crippen LogP contribution < -0.4 is 11.1 Å². The van der Waals surface area contributed by atoms with Gasteiger partial charge in [-0.2, -0.15) is 5.10 Å². The summed E-state index contributed by atoms with van der Waals surface area (Å²) in [7, 11) is 0. The largest absolute Gasteiger partial charge is 0.396 e. The second kappa shape index (κ2) is 6.50. The number of anilines is 1. The van der Waals surface area contributed by atoms with Gasteiger partial charge in [-0.1, -0.05) is 20.8 Å². The number of rotatable bonds is 4. The molecule has 1 aliphatic carbocycles. The highest BCUT2D eigenvalue weighted by atomic mass is 16.1. The van der Waals surface area contributed by atoms with Gasteiger partial charge in [0.25, 0.3) is 0 Å². The van der Waals surface area contributed by atoms with Crippen molar-refractivity contribution in [2.45, 2.75) is 53.0 Å². The van der Waals surface area contributed by atoms with Crippen molar-refractivity contribution in [1.29, 1.82) is 0 Å². The monoisotopic (exact) mass is 292 g/mol. The quantitative estimate of drug-likeness (QED) is 0.895. The van der Waals surface area contributed by atoms with Crippen molar-refractivity contribution >= 4 is 11.6 Å². The predicted molar refractivity (Wildman–Crippen MR) is 84.6 cm³/mol. The first-order valence-corrected chi connectivity index (χ1v) is 7.92. The average molecular weight is 292 g/mol. The van der Waals surface area contributed by atoms with Gasteiger partial charge in [-0.3, -0.25) is 9.48 Å². The average Bonchev–Trinajstić information content (AvgIpc) is 2.83. The Bertz CT molecular complexity index is 467. The zero-order valence-electron chi connectivity index (χ0n) is 13.4. The van der Waals surface area contributed by atoms with Gasteiger partial charge in [-0.25, -0.2) is 0 Å². The van der Waals surface area contributed by atoms with Gasteiger partial charge in [0.2, 0.25) is 5.91 Å². The molecule has 1 saturated carbocycles. The minimum Gasteiger partial charge on any atom is -0.396 e. The Balaban J connectivity index is 1.70. The molecular formula is C16H28N4O. The van der Waals surface area contributed by atoms with Crippen LogP contribution in [0, 0.1) is 17.3 Å². The van der Waals surface area contributed by atoms with E-state index in [-0.39, 0.29) is 11.8 Å². The van der Waals surface area contributed by atoms with Gasteiger partial charge < -0.3 is 11.1 Å². The maximum absolute atomic E-state index is 12.2. The zero-order valence-corrected chi connectivity index (χ0v) is 13.4.